The number of unbranched alkanes of at least 4 members (excludes halogenated alkanes) is 13. The van der Waals surface area contributed by atoms with E-state index in [-0.39, 0.29) is 5.41 Å². The molecule has 0 N–H and O–H groups in total. The molecule has 0 radical (unpaired) electrons. The quantitative estimate of drug-likeness (QED) is 0.139. The highest BCUT2D eigenvalue weighted by molar-refractivity contribution is 5.73. The summed E-state index contributed by atoms with van der Waals surface area (Å²) in [7, 11) is 0. The predicted molar refractivity (Wildman–Crippen MR) is 121 cm³/mol. The molecule has 0 saturated heterocycles. The average molecular weight is 362 g/mol. The van der Waals surface area contributed by atoms with Gasteiger partial charge in [0.05, 0.1) is 0 Å². The Bertz CT molecular complexity index is 370. The van der Waals surface area contributed by atoms with Gasteiger partial charge >= 0.3 is 0 Å². The van der Waals surface area contributed by atoms with Crippen LogP contribution in [0.15, 0.2) is 29.3 Å². The molecule has 0 saturated carbocycles. The van der Waals surface area contributed by atoms with Crippen LogP contribution < -0.4 is 0 Å². The molecule has 152 valence electrons. The average Bonchev–Trinajstić information content (AvgIpc) is 2.59. The Morgan fingerprint density at radius 1 is 0.731 bits per heavy atom. The molecule has 0 unspecified atom stereocenters. The zero-order chi connectivity index (χ0) is 19.5. The molecule has 1 heteroatoms. The van der Waals surface area contributed by atoms with E-state index in [0.29, 0.717) is 0 Å². The summed E-state index contributed by atoms with van der Waals surface area (Å²) in [5.74, 6) is 0. The van der Waals surface area contributed by atoms with E-state index in [2.05, 4.69) is 45.3 Å². The molecule has 0 aliphatic rings. The molecular formula is C25H47N. The molecule has 0 amide bonds. The van der Waals surface area contributed by atoms with E-state index in [1.54, 1.807) is 0 Å². The van der Waals surface area contributed by atoms with Gasteiger partial charge in [0.2, 0.25) is 0 Å². The van der Waals surface area contributed by atoms with Gasteiger partial charge in [0, 0.05) is 12.8 Å². The van der Waals surface area contributed by atoms with Crippen LogP contribution in [-0.4, -0.2) is 12.8 Å². The number of hydrogen-bond donors (Lipinski definition) is 0. The van der Waals surface area contributed by atoms with E-state index in [0.717, 1.165) is 6.54 Å². The van der Waals surface area contributed by atoms with E-state index in [4.69, 9.17) is 0 Å². The Labute approximate surface area is 165 Å². The summed E-state index contributed by atoms with van der Waals surface area (Å²) < 4.78 is 0. The van der Waals surface area contributed by atoms with Crippen molar-refractivity contribution in [2.75, 3.05) is 6.54 Å². The first-order chi connectivity index (χ1) is 12.5. The molecule has 0 bridgehead atoms. The largest absolute Gasteiger partial charge is 0.293 e. The van der Waals surface area contributed by atoms with Crippen molar-refractivity contribution in [3.63, 3.8) is 0 Å². The third kappa shape index (κ3) is 16.6. The topological polar surface area (TPSA) is 12.4 Å². The summed E-state index contributed by atoms with van der Waals surface area (Å²) in [5.41, 5.74) is 1.41. The lowest BCUT2D eigenvalue weighted by Gasteiger charge is -2.19. The Kier molecular flexibility index (Phi) is 17.0. The van der Waals surface area contributed by atoms with Crippen LogP contribution in [0, 0.1) is 5.41 Å². The lowest BCUT2D eigenvalue weighted by atomic mass is 9.86. The van der Waals surface area contributed by atoms with Crippen LogP contribution in [0.3, 0.4) is 0 Å². The van der Waals surface area contributed by atoms with Crippen molar-refractivity contribution < 1.29 is 0 Å². The molecule has 0 rings (SSSR count). The van der Waals surface area contributed by atoms with E-state index in [1.807, 2.05) is 12.3 Å². The highest BCUT2D eigenvalue weighted by Gasteiger charge is 2.12. The van der Waals surface area contributed by atoms with Gasteiger partial charge in [-0.2, -0.15) is 0 Å². The maximum atomic E-state index is 4.52. The van der Waals surface area contributed by atoms with Crippen molar-refractivity contribution in [2.24, 2.45) is 10.4 Å². The van der Waals surface area contributed by atoms with Gasteiger partial charge < -0.3 is 0 Å². The van der Waals surface area contributed by atoms with Gasteiger partial charge in [-0.25, -0.2) is 0 Å². The highest BCUT2D eigenvalue weighted by Crippen LogP contribution is 2.25. The van der Waals surface area contributed by atoms with Crippen LogP contribution in [0.25, 0.3) is 0 Å². The van der Waals surface area contributed by atoms with Crippen LogP contribution in [0.1, 0.15) is 118 Å². The van der Waals surface area contributed by atoms with Crippen LogP contribution in [0.5, 0.6) is 0 Å². The van der Waals surface area contributed by atoms with Gasteiger partial charge in [-0.15, -0.1) is 0 Å². The van der Waals surface area contributed by atoms with E-state index in [9.17, 15) is 0 Å². The first-order valence-electron chi connectivity index (χ1n) is 11.4. The molecule has 0 fully saturated rings. The monoisotopic (exact) mass is 361 g/mol. The van der Waals surface area contributed by atoms with Gasteiger partial charge in [0.25, 0.3) is 0 Å². The first-order valence-corrected chi connectivity index (χ1v) is 11.4. The summed E-state index contributed by atoms with van der Waals surface area (Å²) in [5, 5.41) is 0. The van der Waals surface area contributed by atoms with Crippen LogP contribution in [-0.2, 0) is 0 Å². The third-order valence-corrected chi connectivity index (χ3v) is 5.09. The fourth-order valence-electron chi connectivity index (χ4n) is 3.23. The van der Waals surface area contributed by atoms with Crippen LogP contribution in [0.2, 0.25) is 0 Å². The smallest absolute Gasteiger partial charge is 0.0389 e. The van der Waals surface area contributed by atoms with Crippen molar-refractivity contribution in [3.05, 3.63) is 24.3 Å². The molecule has 26 heavy (non-hydrogen) atoms. The van der Waals surface area contributed by atoms with Crippen LogP contribution in [0.4, 0.5) is 0 Å². The zero-order valence-corrected chi connectivity index (χ0v) is 18.5. The van der Waals surface area contributed by atoms with Crippen molar-refractivity contribution in [3.8, 4) is 0 Å². The highest BCUT2D eigenvalue weighted by atomic mass is 14.7. The van der Waals surface area contributed by atoms with E-state index >= 15 is 0 Å². The molecule has 0 atom stereocenters. The van der Waals surface area contributed by atoms with Gasteiger partial charge in [0.1, 0.15) is 0 Å². The van der Waals surface area contributed by atoms with Crippen molar-refractivity contribution >= 4 is 6.21 Å². The summed E-state index contributed by atoms with van der Waals surface area (Å²) in [6.45, 7) is 13.8. The fourth-order valence-corrected chi connectivity index (χ4v) is 3.23. The zero-order valence-electron chi connectivity index (χ0n) is 18.5. The minimum absolute atomic E-state index is 0.156. The maximum Gasteiger partial charge on any atom is 0.0389 e. The molecule has 0 aromatic carbocycles. The Morgan fingerprint density at radius 2 is 1.15 bits per heavy atom. The summed E-state index contributed by atoms with van der Waals surface area (Å²) in [6, 6.07) is 0. The van der Waals surface area contributed by atoms with Crippen molar-refractivity contribution in [1.82, 2.24) is 0 Å². The fraction of sp³-hybridized carbons (Fsp3) is 0.800. The SMILES string of the molecule is C=C/C(=C\C=N\CCCCCCCCCCCCCCCC)C(C)(C)C. The lowest BCUT2D eigenvalue weighted by Crippen LogP contribution is -2.07. The van der Waals surface area contributed by atoms with E-state index < -0.39 is 0 Å². The molecule has 0 heterocycles. The minimum atomic E-state index is 0.156. The second kappa shape index (κ2) is 17.6. The molecule has 0 aromatic rings. The number of nitrogens with zero attached hydrogens (tertiary/aromatic N) is 1. The summed E-state index contributed by atoms with van der Waals surface area (Å²) in [4.78, 5) is 4.52. The number of hydrogen-bond acceptors (Lipinski definition) is 1. The third-order valence-electron chi connectivity index (χ3n) is 5.09. The Hall–Kier alpha value is -0.850. The molecule has 0 aliphatic heterocycles. The summed E-state index contributed by atoms with van der Waals surface area (Å²) >= 11 is 0. The van der Waals surface area contributed by atoms with Crippen LogP contribution >= 0.6 is 0 Å². The number of aliphatic imine (C=N–C) groups is 1. The van der Waals surface area contributed by atoms with Gasteiger partial charge in [-0.05, 0) is 23.5 Å². The number of rotatable bonds is 17. The second-order valence-electron chi connectivity index (χ2n) is 8.73. The molecule has 0 aromatic heterocycles. The Balaban J connectivity index is 3.38. The van der Waals surface area contributed by atoms with Gasteiger partial charge in [-0.1, -0.05) is 124 Å². The maximum absolute atomic E-state index is 4.52. The van der Waals surface area contributed by atoms with Crippen molar-refractivity contribution in [1.29, 1.82) is 0 Å². The van der Waals surface area contributed by atoms with Gasteiger partial charge in [-0.3, -0.25) is 4.99 Å². The summed E-state index contributed by atoms with van der Waals surface area (Å²) in [6.07, 6.45) is 25.7. The minimum Gasteiger partial charge on any atom is -0.293 e. The standard InChI is InChI=1S/C25H47N/c1-6-8-9-10-11-12-13-14-15-16-17-18-19-20-22-26-23-21-24(7-2)25(3,4)5/h7,21,23H,2,6,8-20,22H2,1,3-5H3/b24-21+,26-23+. The van der Waals surface area contributed by atoms with Crippen molar-refractivity contribution in [2.45, 2.75) is 118 Å². The molecule has 0 spiro atoms. The second-order valence-corrected chi connectivity index (χ2v) is 8.73. The molecule has 1 nitrogen and oxygen atoms in total. The molecular weight excluding hydrogens is 314 g/mol. The predicted octanol–water partition coefficient (Wildman–Crippen LogP) is 8.70. The molecule has 0 aliphatic carbocycles. The Morgan fingerprint density at radius 3 is 1.54 bits per heavy atom. The van der Waals surface area contributed by atoms with E-state index in [1.165, 1.54) is 95.5 Å². The van der Waals surface area contributed by atoms with Gasteiger partial charge in [0.15, 0.2) is 0 Å². The normalized spacial score (nSPS) is 12.8. The first kappa shape index (κ1) is 25.1. The lowest BCUT2D eigenvalue weighted by molar-refractivity contribution is 0.518. The number of allylic oxidation sites excluding steroid dienone is 3.